The lowest BCUT2D eigenvalue weighted by molar-refractivity contribution is -0.131. The van der Waals surface area contributed by atoms with Gasteiger partial charge in [0.1, 0.15) is 12.4 Å². The summed E-state index contributed by atoms with van der Waals surface area (Å²) >= 11 is 0. The molecule has 0 unspecified atom stereocenters. The molecule has 1 aromatic carbocycles. The van der Waals surface area contributed by atoms with Crippen LogP contribution in [-0.4, -0.2) is 18.6 Å². The summed E-state index contributed by atoms with van der Waals surface area (Å²) in [6.45, 7) is 2.06. The minimum Gasteiger partial charge on any atom is -0.485 e. The van der Waals surface area contributed by atoms with Crippen LogP contribution in [0, 0.1) is 0 Å². The number of nitrogens with one attached hydrogen (secondary N) is 1. The van der Waals surface area contributed by atoms with Gasteiger partial charge in [0.25, 0.3) is 5.91 Å². The van der Waals surface area contributed by atoms with Crippen molar-refractivity contribution in [1.29, 1.82) is 0 Å². The fraction of sp³-hybridized carbons (Fsp3) is 0.267. The molecule has 20 heavy (non-hydrogen) atoms. The molecule has 0 radical (unpaired) electrons. The van der Waals surface area contributed by atoms with Gasteiger partial charge in [-0.1, -0.05) is 12.1 Å². The van der Waals surface area contributed by atoms with Crippen LogP contribution in [0.2, 0.25) is 0 Å². The SMILES string of the molecule is C[C@@H](NC(=O)[C@@H]1COc2ccccc2O1)c1ccco1. The summed E-state index contributed by atoms with van der Waals surface area (Å²) in [6.07, 6.45) is 0.927. The average Bonchev–Trinajstić information content (AvgIpc) is 3.01. The molecule has 5 nitrogen and oxygen atoms in total. The maximum atomic E-state index is 12.2. The molecule has 1 aromatic heterocycles. The lowest BCUT2D eigenvalue weighted by atomic mass is 10.2. The average molecular weight is 273 g/mol. The highest BCUT2D eigenvalue weighted by Gasteiger charge is 2.28. The minimum absolute atomic E-state index is 0.202. The molecular formula is C15H15NO4. The Labute approximate surface area is 116 Å². The molecule has 1 aliphatic rings. The number of fused-ring (bicyclic) bond motifs is 1. The lowest BCUT2D eigenvalue weighted by Gasteiger charge is -2.26. The van der Waals surface area contributed by atoms with Crippen molar-refractivity contribution in [2.45, 2.75) is 19.1 Å². The van der Waals surface area contributed by atoms with Crippen LogP contribution in [0.25, 0.3) is 0 Å². The number of furan rings is 1. The van der Waals surface area contributed by atoms with Crippen LogP contribution in [-0.2, 0) is 4.79 Å². The fourth-order valence-electron chi connectivity index (χ4n) is 2.06. The summed E-state index contributed by atoms with van der Waals surface area (Å²) in [5.74, 6) is 1.74. The molecule has 2 atom stereocenters. The predicted octanol–water partition coefficient (Wildman–Crippen LogP) is 2.30. The van der Waals surface area contributed by atoms with Crippen LogP contribution < -0.4 is 14.8 Å². The van der Waals surface area contributed by atoms with E-state index in [0.29, 0.717) is 17.3 Å². The molecule has 0 bridgehead atoms. The number of ether oxygens (including phenoxy) is 2. The van der Waals surface area contributed by atoms with Crippen molar-refractivity contribution in [1.82, 2.24) is 5.32 Å². The molecule has 2 heterocycles. The zero-order chi connectivity index (χ0) is 13.9. The second-order valence-corrected chi connectivity index (χ2v) is 4.61. The van der Waals surface area contributed by atoms with Gasteiger partial charge >= 0.3 is 0 Å². The molecule has 0 spiro atoms. The third kappa shape index (κ3) is 2.47. The first kappa shape index (κ1) is 12.6. The number of carbonyl (C=O) groups excluding carboxylic acids is 1. The second kappa shape index (κ2) is 5.28. The van der Waals surface area contributed by atoms with Crippen LogP contribution >= 0.6 is 0 Å². The summed E-state index contributed by atoms with van der Waals surface area (Å²) in [7, 11) is 0. The van der Waals surface area contributed by atoms with Crippen molar-refractivity contribution in [3.05, 3.63) is 48.4 Å². The van der Waals surface area contributed by atoms with E-state index in [2.05, 4.69) is 5.32 Å². The molecule has 104 valence electrons. The summed E-state index contributed by atoms with van der Waals surface area (Å²) in [5.41, 5.74) is 0. The molecule has 0 saturated heterocycles. The molecule has 1 amide bonds. The maximum absolute atomic E-state index is 12.2. The van der Waals surface area contributed by atoms with Crippen molar-refractivity contribution < 1.29 is 18.7 Å². The van der Waals surface area contributed by atoms with E-state index in [1.807, 2.05) is 31.2 Å². The maximum Gasteiger partial charge on any atom is 0.265 e. The standard InChI is InChI=1S/C15H15NO4/c1-10(11-7-4-8-18-11)16-15(17)14-9-19-12-5-2-3-6-13(12)20-14/h2-8,10,14H,9H2,1H3,(H,16,17)/t10-,14+/m1/s1. The zero-order valence-electron chi connectivity index (χ0n) is 11.0. The smallest absolute Gasteiger partial charge is 0.265 e. The third-order valence-corrected chi connectivity index (χ3v) is 3.13. The molecule has 5 heteroatoms. The number of hydrogen-bond acceptors (Lipinski definition) is 4. The van der Waals surface area contributed by atoms with E-state index >= 15 is 0 Å². The quantitative estimate of drug-likeness (QED) is 0.932. The molecule has 2 aromatic rings. The Bertz CT molecular complexity index is 594. The van der Waals surface area contributed by atoms with Crippen molar-refractivity contribution in [3.8, 4) is 11.5 Å². The van der Waals surface area contributed by atoms with E-state index in [1.165, 1.54) is 0 Å². The van der Waals surface area contributed by atoms with Crippen molar-refractivity contribution in [3.63, 3.8) is 0 Å². The Morgan fingerprint density at radius 1 is 1.25 bits per heavy atom. The zero-order valence-corrected chi connectivity index (χ0v) is 11.0. The molecular weight excluding hydrogens is 258 g/mol. The van der Waals surface area contributed by atoms with Gasteiger partial charge in [-0.2, -0.15) is 0 Å². The molecule has 3 rings (SSSR count). The van der Waals surface area contributed by atoms with E-state index in [9.17, 15) is 4.79 Å². The number of para-hydroxylation sites is 2. The highest BCUT2D eigenvalue weighted by atomic mass is 16.6. The van der Waals surface area contributed by atoms with Crippen molar-refractivity contribution in [2.24, 2.45) is 0 Å². The summed E-state index contributed by atoms with van der Waals surface area (Å²) in [5, 5.41) is 2.85. The number of rotatable bonds is 3. The third-order valence-electron chi connectivity index (χ3n) is 3.13. The first-order valence-corrected chi connectivity index (χ1v) is 6.46. The van der Waals surface area contributed by atoms with Crippen LogP contribution in [0.4, 0.5) is 0 Å². The number of benzene rings is 1. The molecule has 1 aliphatic heterocycles. The van der Waals surface area contributed by atoms with Gasteiger partial charge in [0.15, 0.2) is 11.5 Å². The van der Waals surface area contributed by atoms with Gasteiger partial charge in [0.05, 0.1) is 12.3 Å². The highest BCUT2D eigenvalue weighted by molar-refractivity contribution is 5.82. The van der Waals surface area contributed by atoms with Gasteiger partial charge in [-0.05, 0) is 31.2 Å². The van der Waals surface area contributed by atoms with E-state index < -0.39 is 6.10 Å². The Morgan fingerprint density at radius 2 is 2.05 bits per heavy atom. The van der Waals surface area contributed by atoms with Gasteiger partial charge < -0.3 is 19.2 Å². The van der Waals surface area contributed by atoms with Gasteiger partial charge in [-0.15, -0.1) is 0 Å². The highest BCUT2D eigenvalue weighted by Crippen LogP contribution is 2.31. The second-order valence-electron chi connectivity index (χ2n) is 4.61. The first-order valence-electron chi connectivity index (χ1n) is 6.46. The molecule has 0 fully saturated rings. The monoisotopic (exact) mass is 273 g/mol. The number of hydrogen-bond donors (Lipinski definition) is 1. The first-order chi connectivity index (χ1) is 9.74. The minimum atomic E-state index is -0.651. The van der Waals surface area contributed by atoms with E-state index in [4.69, 9.17) is 13.9 Å². The normalized spacial score (nSPS) is 18.4. The number of carbonyl (C=O) groups is 1. The predicted molar refractivity (Wildman–Crippen MR) is 71.6 cm³/mol. The molecule has 1 N–H and O–H groups in total. The topological polar surface area (TPSA) is 60.7 Å². The van der Waals surface area contributed by atoms with Crippen LogP contribution in [0.3, 0.4) is 0 Å². The summed E-state index contributed by atoms with van der Waals surface area (Å²) in [6, 6.07) is 10.7. The number of amides is 1. The van der Waals surface area contributed by atoms with Crippen molar-refractivity contribution in [2.75, 3.05) is 6.61 Å². The van der Waals surface area contributed by atoms with E-state index in [0.717, 1.165) is 0 Å². The van der Waals surface area contributed by atoms with Crippen LogP contribution in [0.15, 0.2) is 47.1 Å². The largest absolute Gasteiger partial charge is 0.485 e. The van der Waals surface area contributed by atoms with Gasteiger partial charge in [0, 0.05) is 0 Å². The summed E-state index contributed by atoms with van der Waals surface area (Å²) in [4.78, 5) is 12.2. The van der Waals surface area contributed by atoms with Gasteiger partial charge in [-0.25, -0.2) is 0 Å². The Hall–Kier alpha value is -2.43. The summed E-state index contributed by atoms with van der Waals surface area (Å²) < 4.78 is 16.4. The Kier molecular flexibility index (Phi) is 3.33. The molecule has 0 saturated carbocycles. The van der Waals surface area contributed by atoms with Gasteiger partial charge in [0.2, 0.25) is 6.10 Å². The fourth-order valence-corrected chi connectivity index (χ4v) is 2.06. The Morgan fingerprint density at radius 3 is 2.80 bits per heavy atom. The van der Waals surface area contributed by atoms with E-state index in [1.54, 1.807) is 18.4 Å². The van der Waals surface area contributed by atoms with Gasteiger partial charge in [-0.3, -0.25) is 4.79 Å². The van der Waals surface area contributed by atoms with Crippen LogP contribution in [0.1, 0.15) is 18.7 Å². The lowest BCUT2D eigenvalue weighted by Crippen LogP contribution is -2.44. The van der Waals surface area contributed by atoms with Crippen LogP contribution in [0.5, 0.6) is 11.5 Å². The molecule has 0 aliphatic carbocycles. The Balaban J connectivity index is 1.64. The van der Waals surface area contributed by atoms with Crippen molar-refractivity contribution >= 4 is 5.91 Å². The van der Waals surface area contributed by atoms with E-state index in [-0.39, 0.29) is 18.6 Å².